The van der Waals surface area contributed by atoms with E-state index in [1.807, 2.05) is 36.2 Å². The smallest absolute Gasteiger partial charge is 0.225 e. The molecule has 0 heterocycles. The fraction of sp³-hybridized carbons (Fsp3) is 0.471. The predicted octanol–water partition coefficient (Wildman–Crippen LogP) is 2.18. The third-order valence-electron chi connectivity index (χ3n) is 3.65. The van der Waals surface area contributed by atoms with E-state index in [1.165, 1.54) is 6.42 Å². The zero-order valence-electron chi connectivity index (χ0n) is 11.9. The lowest BCUT2D eigenvalue weighted by molar-refractivity contribution is -0.137. The molecule has 106 valence electrons. The van der Waals surface area contributed by atoms with Crippen LogP contribution in [0.1, 0.15) is 36.8 Å². The Hall–Kier alpha value is -1.79. The van der Waals surface area contributed by atoms with Gasteiger partial charge in [-0.25, -0.2) is 0 Å². The Labute approximate surface area is 120 Å². The van der Waals surface area contributed by atoms with Crippen LogP contribution in [0, 0.1) is 17.8 Å². The van der Waals surface area contributed by atoms with E-state index in [1.54, 1.807) is 0 Å². The summed E-state index contributed by atoms with van der Waals surface area (Å²) in [7, 11) is 1.87. The summed E-state index contributed by atoms with van der Waals surface area (Å²) in [5.74, 6) is 6.43. The summed E-state index contributed by atoms with van der Waals surface area (Å²) in [5, 5.41) is 8.71. The molecule has 0 unspecified atom stereocenters. The highest BCUT2D eigenvalue weighted by Crippen LogP contribution is 2.28. The Morgan fingerprint density at radius 3 is 2.90 bits per heavy atom. The molecule has 0 bridgehead atoms. The first kappa shape index (κ1) is 14.6. The molecule has 0 aliphatic heterocycles. The number of nitrogens with zero attached hydrogens (tertiary/aromatic N) is 1. The molecular weight excluding hydrogens is 250 g/mol. The van der Waals surface area contributed by atoms with Crippen molar-refractivity contribution in [2.24, 2.45) is 5.92 Å². The Kier molecular flexibility index (Phi) is 5.20. The van der Waals surface area contributed by atoms with E-state index < -0.39 is 0 Å². The molecule has 1 fully saturated rings. The first-order chi connectivity index (χ1) is 9.70. The number of hydrogen-bond donors (Lipinski definition) is 1. The number of amides is 1. The van der Waals surface area contributed by atoms with Gasteiger partial charge in [-0.2, -0.15) is 0 Å². The van der Waals surface area contributed by atoms with E-state index in [-0.39, 0.29) is 18.4 Å². The van der Waals surface area contributed by atoms with Crippen molar-refractivity contribution in [1.82, 2.24) is 4.90 Å². The van der Waals surface area contributed by atoms with Crippen molar-refractivity contribution in [2.75, 3.05) is 13.7 Å². The molecule has 3 nitrogen and oxygen atoms in total. The number of rotatable bonds is 4. The van der Waals surface area contributed by atoms with Gasteiger partial charge in [0.05, 0.1) is 6.61 Å². The maximum atomic E-state index is 12.1. The number of carbonyl (C=O) groups is 1. The van der Waals surface area contributed by atoms with Crippen LogP contribution in [0.25, 0.3) is 0 Å². The van der Waals surface area contributed by atoms with Crippen molar-refractivity contribution in [3.8, 4) is 11.8 Å². The van der Waals surface area contributed by atoms with Crippen molar-refractivity contribution in [3.63, 3.8) is 0 Å². The van der Waals surface area contributed by atoms with E-state index >= 15 is 0 Å². The van der Waals surface area contributed by atoms with Crippen LogP contribution in [0.15, 0.2) is 24.3 Å². The minimum absolute atomic E-state index is 0.0886. The molecule has 0 spiro atoms. The quantitative estimate of drug-likeness (QED) is 0.853. The summed E-state index contributed by atoms with van der Waals surface area (Å²) in [6, 6.07) is 7.93. The van der Waals surface area contributed by atoms with Gasteiger partial charge in [0.2, 0.25) is 5.91 Å². The van der Waals surface area contributed by atoms with E-state index in [9.17, 15) is 4.79 Å². The number of hydrogen-bond acceptors (Lipinski definition) is 2. The minimum atomic E-state index is 0.0886. The molecule has 1 aromatic carbocycles. The normalized spacial score (nSPS) is 14.1. The van der Waals surface area contributed by atoms with Gasteiger partial charge in [0, 0.05) is 31.5 Å². The van der Waals surface area contributed by atoms with Crippen molar-refractivity contribution < 1.29 is 9.90 Å². The third kappa shape index (κ3) is 3.85. The van der Waals surface area contributed by atoms with Gasteiger partial charge in [0.15, 0.2) is 0 Å². The van der Waals surface area contributed by atoms with E-state index in [0.717, 1.165) is 24.0 Å². The number of aliphatic hydroxyl groups is 1. The van der Waals surface area contributed by atoms with Crippen LogP contribution in [-0.4, -0.2) is 29.6 Å². The van der Waals surface area contributed by atoms with Gasteiger partial charge in [-0.05, 0) is 30.5 Å². The van der Waals surface area contributed by atoms with Gasteiger partial charge in [-0.1, -0.05) is 30.4 Å². The second kappa shape index (κ2) is 7.12. The molecule has 0 radical (unpaired) electrons. The van der Waals surface area contributed by atoms with Crippen LogP contribution in [0.3, 0.4) is 0 Å². The van der Waals surface area contributed by atoms with Gasteiger partial charge in [-0.3, -0.25) is 4.79 Å². The Morgan fingerprint density at radius 2 is 2.25 bits per heavy atom. The highest BCUT2D eigenvalue weighted by molar-refractivity contribution is 5.79. The molecule has 0 aromatic heterocycles. The molecule has 1 N–H and O–H groups in total. The van der Waals surface area contributed by atoms with Crippen LogP contribution in [0.4, 0.5) is 0 Å². The average Bonchev–Trinajstić information content (AvgIpc) is 2.37. The molecule has 1 aromatic rings. The third-order valence-corrected chi connectivity index (χ3v) is 3.65. The van der Waals surface area contributed by atoms with Crippen LogP contribution < -0.4 is 0 Å². The summed E-state index contributed by atoms with van der Waals surface area (Å²) in [6.07, 6.45) is 3.75. The molecule has 0 atom stereocenters. The second-order valence-electron chi connectivity index (χ2n) is 5.30. The second-order valence-corrected chi connectivity index (χ2v) is 5.30. The summed E-state index contributed by atoms with van der Waals surface area (Å²) < 4.78 is 0. The van der Waals surface area contributed by atoms with Crippen molar-refractivity contribution in [2.45, 2.75) is 32.2 Å². The fourth-order valence-electron chi connectivity index (χ4n) is 2.29. The van der Waals surface area contributed by atoms with Gasteiger partial charge in [0.25, 0.3) is 0 Å². The molecule has 0 saturated heterocycles. The first-order valence-corrected chi connectivity index (χ1v) is 7.14. The SMILES string of the molecule is CN(Cc1cccc(C#CCCO)c1)C(=O)C1CCC1. The average molecular weight is 271 g/mol. The molecule has 20 heavy (non-hydrogen) atoms. The van der Waals surface area contributed by atoms with E-state index in [0.29, 0.717) is 13.0 Å². The summed E-state index contributed by atoms with van der Waals surface area (Å²) in [5.41, 5.74) is 2.02. The zero-order chi connectivity index (χ0) is 14.4. The molecule has 1 amide bonds. The fourth-order valence-corrected chi connectivity index (χ4v) is 2.29. The van der Waals surface area contributed by atoms with Gasteiger partial charge in [0.1, 0.15) is 0 Å². The molecular formula is C17H21NO2. The first-order valence-electron chi connectivity index (χ1n) is 7.14. The molecule has 1 aliphatic rings. The zero-order valence-corrected chi connectivity index (χ0v) is 11.9. The monoisotopic (exact) mass is 271 g/mol. The minimum Gasteiger partial charge on any atom is -0.395 e. The molecule has 1 aliphatic carbocycles. The highest BCUT2D eigenvalue weighted by Gasteiger charge is 2.27. The number of carbonyl (C=O) groups excluding carboxylic acids is 1. The molecule has 2 rings (SSSR count). The predicted molar refractivity (Wildman–Crippen MR) is 78.8 cm³/mol. The van der Waals surface area contributed by atoms with Crippen molar-refractivity contribution >= 4 is 5.91 Å². The topological polar surface area (TPSA) is 40.5 Å². The lowest BCUT2D eigenvalue weighted by atomic mass is 9.84. The van der Waals surface area contributed by atoms with Crippen molar-refractivity contribution in [1.29, 1.82) is 0 Å². The van der Waals surface area contributed by atoms with Crippen LogP contribution in [-0.2, 0) is 11.3 Å². The maximum absolute atomic E-state index is 12.1. The lowest BCUT2D eigenvalue weighted by Gasteiger charge is -2.29. The Bertz CT molecular complexity index is 523. The molecule has 1 saturated carbocycles. The van der Waals surface area contributed by atoms with Crippen LogP contribution >= 0.6 is 0 Å². The summed E-state index contributed by atoms with van der Waals surface area (Å²) in [6.45, 7) is 0.718. The highest BCUT2D eigenvalue weighted by atomic mass is 16.2. The largest absolute Gasteiger partial charge is 0.395 e. The van der Waals surface area contributed by atoms with E-state index in [2.05, 4.69) is 11.8 Å². The van der Waals surface area contributed by atoms with Gasteiger partial charge in [-0.15, -0.1) is 0 Å². The van der Waals surface area contributed by atoms with Crippen LogP contribution in [0.5, 0.6) is 0 Å². The Morgan fingerprint density at radius 1 is 1.45 bits per heavy atom. The van der Waals surface area contributed by atoms with E-state index in [4.69, 9.17) is 5.11 Å². The van der Waals surface area contributed by atoms with Crippen molar-refractivity contribution in [3.05, 3.63) is 35.4 Å². The van der Waals surface area contributed by atoms with Gasteiger partial charge < -0.3 is 10.0 Å². The standard InChI is InChI=1S/C17H21NO2/c1-18(17(20)16-9-5-10-16)13-15-8-4-7-14(12-15)6-2-3-11-19/h4,7-8,12,16,19H,3,5,9-11,13H2,1H3. The Balaban J connectivity index is 1.97. The summed E-state index contributed by atoms with van der Waals surface area (Å²) >= 11 is 0. The molecule has 3 heteroatoms. The van der Waals surface area contributed by atoms with Crippen LogP contribution in [0.2, 0.25) is 0 Å². The van der Waals surface area contributed by atoms with Gasteiger partial charge >= 0.3 is 0 Å². The number of benzene rings is 1. The lowest BCUT2D eigenvalue weighted by Crippen LogP contribution is -2.35. The number of aliphatic hydroxyl groups excluding tert-OH is 1. The summed E-state index contributed by atoms with van der Waals surface area (Å²) in [4.78, 5) is 13.9. The maximum Gasteiger partial charge on any atom is 0.225 e.